The summed E-state index contributed by atoms with van der Waals surface area (Å²) in [6.07, 6.45) is -3.91. The van der Waals surface area contributed by atoms with Crippen LogP contribution < -0.4 is 10.6 Å². The molecule has 1 aliphatic rings. The van der Waals surface area contributed by atoms with Crippen LogP contribution in [0.4, 0.5) is 18.9 Å². The zero-order valence-corrected chi connectivity index (χ0v) is 8.90. The molecule has 2 rings (SSSR count). The lowest BCUT2D eigenvalue weighted by Crippen LogP contribution is -2.28. The van der Waals surface area contributed by atoms with Crippen molar-refractivity contribution in [3.8, 4) is 0 Å². The lowest BCUT2D eigenvalue weighted by Gasteiger charge is -2.09. The SMILES string of the molecule is O=C1Cc2cc(CNCC(F)(F)F)ccc2N1. The van der Waals surface area contributed by atoms with Crippen LogP contribution in [0.2, 0.25) is 0 Å². The summed E-state index contributed by atoms with van der Waals surface area (Å²) in [5.74, 6) is -0.0830. The van der Waals surface area contributed by atoms with Crippen molar-refractivity contribution in [1.29, 1.82) is 0 Å². The molecular formula is C11H11F3N2O. The topological polar surface area (TPSA) is 41.1 Å². The lowest BCUT2D eigenvalue weighted by atomic mass is 10.1. The van der Waals surface area contributed by atoms with E-state index in [1.54, 1.807) is 18.2 Å². The molecule has 6 heteroatoms. The fourth-order valence-electron chi connectivity index (χ4n) is 1.74. The Morgan fingerprint density at radius 1 is 1.35 bits per heavy atom. The first kappa shape index (κ1) is 11.9. The molecule has 0 atom stereocenters. The first-order valence-electron chi connectivity index (χ1n) is 5.13. The van der Waals surface area contributed by atoms with Crippen molar-refractivity contribution in [2.75, 3.05) is 11.9 Å². The second-order valence-corrected chi connectivity index (χ2v) is 3.94. The number of alkyl halides is 3. The number of hydrogen-bond acceptors (Lipinski definition) is 2. The van der Waals surface area contributed by atoms with Crippen LogP contribution in [-0.4, -0.2) is 18.6 Å². The number of nitrogens with one attached hydrogen (secondary N) is 2. The number of carbonyl (C=O) groups excluding carboxylic acids is 1. The van der Waals surface area contributed by atoms with Crippen LogP contribution in [0.3, 0.4) is 0 Å². The van der Waals surface area contributed by atoms with Gasteiger partial charge in [0.25, 0.3) is 0 Å². The Morgan fingerprint density at radius 3 is 2.82 bits per heavy atom. The highest BCUT2D eigenvalue weighted by Gasteiger charge is 2.26. The van der Waals surface area contributed by atoms with E-state index in [4.69, 9.17) is 0 Å². The first-order chi connectivity index (χ1) is 7.94. The van der Waals surface area contributed by atoms with Gasteiger partial charge in [0.05, 0.1) is 13.0 Å². The Bertz CT molecular complexity index is 443. The smallest absolute Gasteiger partial charge is 0.326 e. The van der Waals surface area contributed by atoms with Crippen LogP contribution in [0.15, 0.2) is 18.2 Å². The molecule has 0 saturated carbocycles. The third kappa shape index (κ3) is 3.20. The summed E-state index contributed by atoms with van der Waals surface area (Å²) >= 11 is 0. The molecule has 92 valence electrons. The van der Waals surface area contributed by atoms with Crippen LogP contribution in [0.5, 0.6) is 0 Å². The molecule has 0 spiro atoms. The molecular weight excluding hydrogens is 233 g/mol. The van der Waals surface area contributed by atoms with E-state index >= 15 is 0 Å². The zero-order valence-electron chi connectivity index (χ0n) is 8.90. The second-order valence-electron chi connectivity index (χ2n) is 3.94. The predicted octanol–water partition coefficient (Wildman–Crippen LogP) is 1.83. The van der Waals surface area contributed by atoms with Gasteiger partial charge in [-0.1, -0.05) is 12.1 Å². The van der Waals surface area contributed by atoms with Crippen LogP contribution >= 0.6 is 0 Å². The normalized spacial score (nSPS) is 14.6. The number of rotatable bonds is 3. The summed E-state index contributed by atoms with van der Waals surface area (Å²) in [4.78, 5) is 11.1. The molecule has 1 aromatic rings. The number of amides is 1. The molecule has 1 amide bonds. The average Bonchev–Trinajstić information content (AvgIpc) is 2.55. The predicted molar refractivity (Wildman–Crippen MR) is 56.5 cm³/mol. The maximum atomic E-state index is 11.9. The number of hydrogen-bond donors (Lipinski definition) is 2. The quantitative estimate of drug-likeness (QED) is 0.851. The van der Waals surface area contributed by atoms with Gasteiger partial charge >= 0.3 is 6.18 Å². The van der Waals surface area contributed by atoms with Gasteiger partial charge < -0.3 is 10.6 Å². The van der Waals surface area contributed by atoms with E-state index in [1.807, 2.05) is 0 Å². The zero-order chi connectivity index (χ0) is 12.5. The molecule has 0 unspecified atom stereocenters. The summed E-state index contributed by atoms with van der Waals surface area (Å²) in [6, 6.07) is 5.16. The summed E-state index contributed by atoms with van der Waals surface area (Å²) < 4.78 is 35.7. The van der Waals surface area contributed by atoms with Gasteiger partial charge in [0.2, 0.25) is 5.91 Å². The van der Waals surface area contributed by atoms with Gasteiger partial charge in [-0.15, -0.1) is 0 Å². The average molecular weight is 244 g/mol. The van der Waals surface area contributed by atoms with E-state index in [-0.39, 0.29) is 12.5 Å². The molecule has 0 fully saturated rings. The molecule has 0 saturated heterocycles. The highest BCUT2D eigenvalue weighted by molar-refractivity contribution is 5.99. The highest BCUT2D eigenvalue weighted by atomic mass is 19.4. The molecule has 1 aliphatic heterocycles. The molecule has 0 radical (unpaired) electrons. The lowest BCUT2D eigenvalue weighted by molar-refractivity contribution is -0.125. The highest BCUT2D eigenvalue weighted by Crippen LogP contribution is 2.23. The molecule has 1 heterocycles. The van der Waals surface area contributed by atoms with Gasteiger partial charge in [0.1, 0.15) is 0 Å². The molecule has 0 aromatic heterocycles. The summed E-state index contributed by atoms with van der Waals surface area (Å²) in [5, 5.41) is 4.98. The van der Waals surface area contributed by atoms with Crippen LogP contribution in [0.1, 0.15) is 11.1 Å². The maximum Gasteiger partial charge on any atom is 0.401 e. The third-order valence-electron chi connectivity index (χ3n) is 2.45. The van der Waals surface area contributed by atoms with E-state index in [0.717, 1.165) is 16.8 Å². The molecule has 3 nitrogen and oxygen atoms in total. The monoisotopic (exact) mass is 244 g/mol. The van der Waals surface area contributed by atoms with Crippen LogP contribution in [0.25, 0.3) is 0 Å². The summed E-state index contributed by atoms with van der Waals surface area (Å²) in [7, 11) is 0. The molecule has 0 aliphatic carbocycles. The van der Waals surface area contributed by atoms with Crippen molar-refractivity contribution in [3.05, 3.63) is 29.3 Å². The first-order valence-corrected chi connectivity index (χ1v) is 5.13. The van der Waals surface area contributed by atoms with Crippen LogP contribution in [0, 0.1) is 0 Å². The van der Waals surface area contributed by atoms with E-state index in [1.165, 1.54) is 0 Å². The number of carbonyl (C=O) groups is 1. The fourth-order valence-corrected chi connectivity index (χ4v) is 1.74. The molecule has 17 heavy (non-hydrogen) atoms. The fraction of sp³-hybridized carbons (Fsp3) is 0.364. The van der Waals surface area contributed by atoms with Crippen molar-refractivity contribution in [2.24, 2.45) is 0 Å². The Balaban J connectivity index is 1.95. The van der Waals surface area contributed by atoms with Crippen molar-refractivity contribution in [3.63, 3.8) is 0 Å². The minimum Gasteiger partial charge on any atom is -0.326 e. The van der Waals surface area contributed by atoms with E-state index in [9.17, 15) is 18.0 Å². The largest absolute Gasteiger partial charge is 0.401 e. The van der Waals surface area contributed by atoms with Crippen molar-refractivity contribution in [1.82, 2.24) is 5.32 Å². The van der Waals surface area contributed by atoms with Gasteiger partial charge in [0.15, 0.2) is 0 Å². The van der Waals surface area contributed by atoms with Gasteiger partial charge in [-0.05, 0) is 17.2 Å². The Labute approximate surface area is 96.0 Å². The third-order valence-corrected chi connectivity index (χ3v) is 2.45. The molecule has 2 N–H and O–H groups in total. The standard InChI is InChI=1S/C11H11F3N2O/c12-11(13,14)6-15-5-7-1-2-9-8(3-7)4-10(17)16-9/h1-3,15H,4-6H2,(H,16,17). The minimum absolute atomic E-state index is 0.0830. The summed E-state index contributed by atoms with van der Waals surface area (Å²) in [5.41, 5.74) is 2.32. The molecule has 1 aromatic carbocycles. The van der Waals surface area contributed by atoms with Crippen LogP contribution in [-0.2, 0) is 17.8 Å². The number of anilines is 1. The van der Waals surface area contributed by atoms with E-state index in [2.05, 4.69) is 10.6 Å². The number of halogens is 3. The van der Waals surface area contributed by atoms with E-state index in [0.29, 0.717) is 6.42 Å². The Hall–Kier alpha value is -1.56. The van der Waals surface area contributed by atoms with Gasteiger partial charge in [-0.25, -0.2) is 0 Å². The molecule has 0 bridgehead atoms. The number of fused-ring (bicyclic) bond motifs is 1. The van der Waals surface area contributed by atoms with Crippen molar-refractivity contribution >= 4 is 11.6 Å². The van der Waals surface area contributed by atoms with Gasteiger partial charge in [0, 0.05) is 12.2 Å². The Morgan fingerprint density at radius 2 is 2.12 bits per heavy atom. The minimum atomic E-state index is -4.20. The Kier molecular flexibility index (Phi) is 3.06. The maximum absolute atomic E-state index is 11.9. The van der Waals surface area contributed by atoms with E-state index < -0.39 is 12.7 Å². The van der Waals surface area contributed by atoms with Crippen molar-refractivity contribution in [2.45, 2.75) is 19.1 Å². The van der Waals surface area contributed by atoms with Gasteiger partial charge in [-0.3, -0.25) is 4.79 Å². The van der Waals surface area contributed by atoms with Gasteiger partial charge in [-0.2, -0.15) is 13.2 Å². The second kappa shape index (κ2) is 4.37. The van der Waals surface area contributed by atoms with Crippen molar-refractivity contribution < 1.29 is 18.0 Å². The summed E-state index contributed by atoms with van der Waals surface area (Å²) in [6.45, 7) is -0.873. The number of benzene rings is 1.